The molecule has 6 heteroatoms. The molecular formula is C16H23N3O3. The fourth-order valence-corrected chi connectivity index (χ4v) is 2.97. The molecule has 22 heavy (non-hydrogen) atoms. The van der Waals surface area contributed by atoms with Crippen LogP contribution in [0.15, 0.2) is 11.8 Å². The normalized spacial score (nSPS) is 21.5. The van der Waals surface area contributed by atoms with Gasteiger partial charge in [0.25, 0.3) is 5.91 Å². The molecule has 0 bridgehead atoms. The predicted molar refractivity (Wildman–Crippen MR) is 80.6 cm³/mol. The molecule has 0 aromatic heterocycles. The van der Waals surface area contributed by atoms with Gasteiger partial charge in [0, 0.05) is 32.4 Å². The van der Waals surface area contributed by atoms with Crippen molar-refractivity contribution in [3.05, 3.63) is 11.8 Å². The van der Waals surface area contributed by atoms with Crippen molar-refractivity contribution in [2.24, 2.45) is 11.8 Å². The molecule has 2 rings (SSSR count). The molecule has 2 fully saturated rings. The molecule has 2 saturated heterocycles. The second kappa shape index (κ2) is 7.30. The standard InChI is InChI=1S/C16H23N3O3/c1-12-2-8-19(9-3-12)15(20)14(10-17)11-18-6-4-13(5-7-18)16(21)22/h11-13H,2-9H2,1H3,(H,21,22)/b14-11-. The Hall–Kier alpha value is -2.03. The molecule has 0 spiro atoms. The molecule has 120 valence electrons. The van der Waals surface area contributed by atoms with Gasteiger partial charge in [0.05, 0.1) is 5.92 Å². The number of aliphatic carboxylic acids is 1. The minimum absolute atomic E-state index is 0.156. The van der Waals surface area contributed by atoms with Crippen LogP contribution in [0.3, 0.4) is 0 Å². The van der Waals surface area contributed by atoms with E-state index in [1.165, 1.54) is 0 Å². The Morgan fingerprint density at radius 3 is 2.23 bits per heavy atom. The molecule has 1 amide bonds. The largest absolute Gasteiger partial charge is 0.481 e. The summed E-state index contributed by atoms with van der Waals surface area (Å²) in [5.41, 5.74) is 0.156. The van der Waals surface area contributed by atoms with Gasteiger partial charge in [0.15, 0.2) is 0 Å². The average molecular weight is 305 g/mol. The number of piperidine rings is 2. The maximum Gasteiger partial charge on any atom is 0.306 e. The van der Waals surface area contributed by atoms with E-state index < -0.39 is 5.97 Å². The average Bonchev–Trinajstić information content (AvgIpc) is 2.53. The highest BCUT2D eigenvalue weighted by atomic mass is 16.4. The molecule has 0 saturated carbocycles. The summed E-state index contributed by atoms with van der Waals surface area (Å²) >= 11 is 0. The van der Waals surface area contributed by atoms with Gasteiger partial charge in [0.1, 0.15) is 11.6 Å². The van der Waals surface area contributed by atoms with Crippen molar-refractivity contribution in [3.8, 4) is 6.07 Å². The van der Waals surface area contributed by atoms with Gasteiger partial charge in [-0.05, 0) is 31.6 Å². The number of rotatable bonds is 3. The van der Waals surface area contributed by atoms with Crippen molar-refractivity contribution in [1.82, 2.24) is 9.80 Å². The van der Waals surface area contributed by atoms with Gasteiger partial charge in [0.2, 0.25) is 0 Å². The van der Waals surface area contributed by atoms with Crippen LogP contribution < -0.4 is 0 Å². The Balaban J connectivity index is 1.95. The molecule has 0 aromatic carbocycles. The Labute approximate surface area is 131 Å². The van der Waals surface area contributed by atoms with Gasteiger partial charge >= 0.3 is 5.97 Å². The number of carbonyl (C=O) groups excluding carboxylic acids is 1. The van der Waals surface area contributed by atoms with E-state index in [0.29, 0.717) is 44.9 Å². The zero-order chi connectivity index (χ0) is 16.1. The van der Waals surface area contributed by atoms with Crippen LogP contribution in [0.2, 0.25) is 0 Å². The van der Waals surface area contributed by atoms with Crippen LogP contribution in [-0.4, -0.2) is 53.0 Å². The highest BCUT2D eigenvalue weighted by Crippen LogP contribution is 2.20. The molecule has 0 aliphatic carbocycles. The number of carboxylic acid groups (broad SMARTS) is 1. The van der Waals surface area contributed by atoms with E-state index in [4.69, 9.17) is 5.11 Å². The number of carboxylic acids is 1. The van der Waals surface area contributed by atoms with Gasteiger partial charge in [-0.15, -0.1) is 0 Å². The lowest BCUT2D eigenvalue weighted by molar-refractivity contribution is -0.143. The number of nitrogens with zero attached hydrogens (tertiary/aromatic N) is 3. The van der Waals surface area contributed by atoms with Crippen LogP contribution in [0.25, 0.3) is 0 Å². The fraction of sp³-hybridized carbons (Fsp3) is 0.688. The summed E-state index contributed by atoms with van der Waals surface area (Å²) in [7, 11) is 0. The van der Waals surface area contributed by atoms with E-state index in [9.17, 15) is 14.9 Å². The van der Waals surface area contributed by atoms with Gasteiger partial charge in [-0.25, -0.2) is 0 Å². The molecule has 0 aromatic rings. The summed E-state index contributed by atoms with van der Waals surface area (Å²) in [6, 6.07) is 2.00. The summed E-state index contributed by atoms with van der Waals surface area (Å²) < 4.78 is 0. The first kappa shape index (κ1) is 16.3. The number of likely N-dealkylation sites (tertiary alicyclic amines) is 2. The predicted octanol–water partition coefficient (Wildman–Crippen LogP) is 1.45. The maximum absolute atomic E-state index is 12.4. The zero-order valence-corrected chi connectivity index (χ0v) is 13.0. The lowest BCUT2D eigenvalue weighted by Gasteiger charge is -2.31. The molecular weight excluding hydrogens is 282 g/mol. The first-order chi connectivity index (χ1) is 10.5. The van der Waals surface area contributed by atoms with Crippen molar-refractivity contribution in [2.75, 3.05) is 26.2 Å². The van der Waals surface area contributed by atoms with Gasteiger partial charge in [-0.3, -0.25) is 9.59 Å². The van der Waals surface area contributed by atoms with Crippen LogP contribution in [0, 0.1) is 23.2 Å². The molecule has 2 aliphatic rings. The quantitative estimate of drug-likeness (QED) is 0.630. The first-order valence-corrected chi connectivity index (χ1v) is 7.89. The third-order valence-electron chi connectivity index (χ3n) is 4.61. The van der Waals surface area contributed by atoms with Crippen molar-refractivity contribution in [2.45, 2.75) is 32.6 Å². The van der Waals surface area contributed by atoms with Crippen molar-refractivity contribution >= 4 is 11.9 Å². The van der Waals surface area contributed by atoms with Crippen LogP contribution in [0.4, 0.5) is 0 Å². The summed E-state index contributed by atoms with van der Waals surface area (Å²) in [6.45, 7) is 4.74. The van der Waals surface area contributed by atoms with Crippen LogP contribution in [-0.2, 0) is 9.59 Å². The topological polar surface area (TPSA) is 84.6 Å². The molecule has 0 radical (unpaired) electrons. The summed E-state index contributed by atoms with van der Waals surface area (Å²) in [4.78, 5) is 27.0. The zero-order valence-electron chi connectivity index (χ0n) is 13.0. The summed E-state index contributed by atoms with van der Waals surface area (Å²) in [5.74, 6) is -0.638. The van der Waals surface area contributed by atoms with Crippen molar-refractivity contribution in [3.63, 3.8) is 0 Å². The fourth-order valence-electron chi connectivity index (χ4n) is 2.97. The Kier molecular flexibility index (Phi) is 5.42. The van der Waals surface area contributed by atoms with E-state index in [1.54, 1.807) is 11.1 Å². The Morgan fingerprint density at radius 2 is 1.73 bits per heavy atom. The molecule has 0 atom stereocenters. The minimum Gasteiger partial charge on any atom is -0.481 e. The van der Waals surface area contributed by atoms with Crippen LogP contribution >= 0.6 is 0 Å². The van der Waals surface area contributed by atoms with E-state index in [2.05, 4.69) is 6.92 Å². The lowest BCUT2D eigenvalue weighted by Crippen LogP contribution is -2.39. The molecule has 2 heterocycles. The second-order valence-electron chi connectivity index (χ2n) is 6.28. The minimum atomic E-state index is -0.761. The number of hydrogen-bond donors (Lipinski definition) is 1. The molecule has 2 aliphatic heterocycles. The van der Waals surface area contributed by atoms with Gasteiger partial charge in [-0.2, -0.15) is 5.26 Å². The SMILES string of the molecule is CC1CCN(C(=O)/C(C#N)=C\N2CCC(C(=O)O)CC2)CC1. The Morgan fingerprint density at radius 1 is 1.14 bits per heavy atom. The monoisotopic (exact) mass is 305 g/mol. The van der Waals surface area contributed by atoms with Crippen molar-refractivity contribution in [1.29, 1.82) is 5.26 Å². The third kappa shape index (κ3) is 4.00. The maximum atomic E-state index is 12.4. The molecule has 0 unspecified atom stereocenters. The van der Waals surface area contributed by atoms with E-state index in [1.807, 2.05) is 11.0 Å². The number of nitriles is 1. The number of hydrogen-bond acceptors (Lipinski definition) is 4. The highest BCUT2D eigenvalue weighted by Gasteiger charge is 2.26. The van der Waals surface area contributed by atoms with Crippen LogP contribution in [0.1, 0.15) is 32.6 Å². The van der Waals surface area contributed by atoms with E-state index in [0.717, 1.165) is 12.8 Å². The third-order valence-corrected chi connectivity index (χ3v) is 4.61. The second-order valence-corrected chi connectivity index (χ2v) is 6.28. The van der Waals surface area contributed by atoms with Crippen molar-refractivity contribution < 1.29 is 14.7 Å². The number of carbonyl (C=O) groups is 2. The smallest absolute Gasteiger partial charge is 0.306 e. The molecule has 6 nitrogen and oxygen atoms in total. The van der Waals surface area contributed by atoms with Gasteiger partial charge in [-0.1, -0.05) is 6.92 Å². The summed E-state index contributed by atoms with van der Waals surface area (Å²) in [6.07, 6.45) is 4.68. The van der Waals surface area contributed by atoms with E-state index >= 15 is 0 Å². The number of amides is 1. The molecule has 1 N–H and O–H groups in total. The highest BCUT2D eigenvalue weighted by molar-refractivity contribution is 5.97. The van der Waals surface area contributed by atoms with E-state index in [-0.39, 0.29) is 17.4 Å². The Bertz CT molecular complexity index is 493. The summed E-state index contributed by atoms with van der Waals surface area (Å²) in [5, 5.41) is 18.2. The lowest BCUT2D eigenvalue weighted by atomic mass is 9.97. The van der Waals surface area contributed by atoms with Crippen LogP contribution in [0.5, 0.6) is 0 Å². The first-order valence-electron chi connectivity index (χ1n) is 7.89. The van der Waals surface area contributed by atoms with Gasteiger partial charge < -0.3 is 14.9 Å².